The molecule has 29 heavy (non-hydrogen) atoms. The van der Waals surface area contributed by atoms with Crippen molar-refractivity contribution >= 4 is 0 Å². The average Bonchev–Trinajstić information content (AvgIpc) is 3.15. The van der Waals surface area contributed by atoms with Crippen LogP contribution < -0.4 is 0 Å². The van der Waals surface area contributed by atoms with Gasteiger partial charge in [-0.15, -0.1) is 0 Å². The number of hydrogen-bond acceptors (Lipinski definition) is 2. The number of allylic oxidation sites excluding steroid dienone is 2. The minimum atomic E-state index is -0.262. The second-order valence-electron chi connectivity index (χ2n) is 12.5. The number of rotatable bonds is 0. The Morgan fingerprint density at radius 3 is 2.66 bits per heavy atom. The van der Waals surface area contributed by atoms with Gasteiger partial charge in [-0.25, -0.2) is 0 Å². The number of fused-ring (bicyclic) bond motifs is 7. The molecule has 0 amide bonds. The SMILES string of the molecule is C[C@H]1CC[C@]2(OC1)O[C@H]1C[C@H]3[C@@H]4CC=C5CCCC[C@]5(C)[C@H]4CC[C@]3(C)[C@H]1[C@@H]2C. The van der Waals surface area contributed by atoms with Crippen molar-refractivity contribution in [3.63, 3.8) is 0 Å². The van der Waals surface area contributed by atoms with Crippen LogP contribution in [0.5, 0.6) is 0 Å². The zero-order chi connectivity index (χ0) is 20.0. The molecule has 0 unspecified atom stereocenters. The largest absolute Gasteiger partial charge is 0.349 e. The second kappa shape index (κ2) is 6.35. The van der Waals surface area contributed by atoms with Crippen molar-refractivity contribution in [3.8, 4) is 0 Å². The highest BCUT2D eigenvalue weighted by Crippen LogP contribution is 2.70. The van der Waals surface area contributed by atoms with Crippen LogP contribution in [0.3, 0.4) is 0 Å². The Hall–Kier alpha value is -0.340. The molecule has 2 nitrogen and oxygen atoms in total. The van der Waals surface area contributed by atoms with E-state index >= 15 is 0 Å². The van der Waals surface area contributed by atoms with E-state index in [2.05, 4.69) is 33.8 Å². The van der Waals surface area contributed by atoms with E-state index in [1.807, 2.05) is 5.57 Å². The van der Waals surface area contributed by atoms with Gasteiger partial charge < -0.3 is 9.47 Å². The fourth-order valence-corrected chi connectivity index (χ4v) is 9.72. The van der Waals surface area contributed by atoms with Gasteiger partial charge in [0.05, 0.1) is 12.7 Å². The molecule has 5 fully saturated rings. The summed E-state index contributed by atoms with van der Waals surface area (Å²) < 4.78 is 13.4. The van der Waals surface area contributed by atoms with Gasteiger partial charge in [0, 0.05) is 12.3 Å². The molecule has 6 aliphatic rings. The Kier molecular flexibility index (Phi) is 4.23. The molecule has 1 spiro atoms. The summed E-state index contributed by atoms with van der Waals surface area (Å²) in [6.07, 6.45) is 16.7. The van der Waals surface area contributed by atoms with Gasteiger partial charge in [-0.2, -0.15) is 0 Å². The first-order chi connectivity index (χ1) is 13.9. The van der Waals surface area contributed by atoms with Crippen LogP contribution in [0, 0.1) is 46.3 Å². The average molecular weight is 399 g/mol. The monoisotopic (exact) mass is 398 g/mol. The zero-order valence-corrected chi connectivity index (χ0v) is 19.2. The fraction of sp³-hybridized carbons (Fsp3) is 0.926. The molecule has 0 aromatic carbocycles. The van der Waals surface area contributed by atoms with E-state index in [0.29, 0.717) is 34.7 Å². The first-order valence-electron chi connectivity index (χ1n) is 12.9. The van der Waals surface area contributed by atoms with Crippen LogP contribution in [0.15, 0.2) is 11.6 Å². The highest BCUT2D eigenvalue weighted by molar-refractivity contribution is 5.25. The Bertz CT molecular complexity index is 703. The Morgan fingerprint density at radius 1 is 1.00 bits per heavy atom. The van der Waals surface area contributed by atoms with E-state index in [1.165, 1.54) is 57.8 Å². The zero-order valence-electron chi connectivity index (χ0n) is 19.2. The quantitative estimate of drug-likeness (QED) is 0.420. The summed E-state index contributed by atoms with van der Waals surface area (Å²) in [5.74, 6) is 4.35. The summed E-state index contributed by atoms with van der Waals surface area (Å²) in [5, 5.41) is 0. The minimum absolute atomic E-state index is 0.262. The van der Waals surface area contributed by atoms with Gasteiger partial charge in [0.1, 0.15) is 0 Å². The Morgan fingerprint density at radius 2 is 1.86 bits per heavy atom. The van der Waals surface area contributed by atoms with Gasteiger partial charge in [-0.3, -0.25) is 0 Å². The van der Waals surface area contributed by atoms with Crippen LogP contribution in [0.2, 0.25) is 0 Å². The van der Waals surface area contributed by atoms with Crippen molar-refractivity contribution in [2.75, 3.05) is 6.61 Å². The molecule has 10 atom stereocenters. The Balaban J connectivity index is 1.29. The molecule has 3 saturated carbocycles. The molecule has 0 aromatic rings. The van der Waals surface area contributed by atoms with Crippen molar-refractivity contribution in [1.29, 1.82) is 0 Å². The molecular formula is C27H42O2. The van der Waals surface area contributed by atoms with Gasteiger partial charge in [0.25, 0.3) is 0 Å². The fourth-order valence-electron chi connectivity index (χ4n) is 9.72. The third-order valence-corrected chi connectivity index (χ3v) is 11.3. The van der Waals surface area contributed by atoms with Crippen LogP contribution >= 0.6 is 0 Å². The molecule has 2 heterocycles. The third kappa shape index (κ3) is 2.48. The molecular weight excluding hydrogens is 356 g/mol. The minimum Gasteiger partial charge on any atom is -0.349 e. The van der Waals surface area contributed by atoms with Crippen LogP contribution in [-0.2, 0) is 9.47 Å². The molecule has 0 N–H and O–H groups in total. The van der Waals surface area contributed by atoms with Gasteiger partial charge >= 0.3 is 0 Å². The smallest absolute Gasteiger partial charge is 0.171 e. The lowest BCUT2D eigenvalue weighted by Gasteiger charge is -2.58. The molecule has 0 bridgehead atoms. The van der Waals surface area contributed by atoms with Gasteiger partial charge in [-0.05, 0) is 91.8 Å². The van der Waals surface area contributed by atoms with E-state index in [4.69, 9.17) is 9.47 Å². The summed E-state index contributed by atoms with van der Waals surface area (Å²) in [4.78, 5) is 0. The topological polar surface area (TPSA) is 18.5 Å². The lowest BCUT2D eigenvalue weighted by molar-refractivity contribution is -0.272. The molecule has 2 saturated heterocycles. The maximum atomic E-state index is 6.91. The lowest BCUT2D eigenvalue weighted by atomic mass is 9.47. The molecule has 2 heteroatoms. The van der Waals surface area contributed by atoms with Crippen molar-refractivity contribution in [2.24, 2.45) is 46.3 Å². The van der Waals surface area contributed by atoms with E-state index in [0.717, 1.165) is 30.8 Å². The van der Waals surface area contributed by atoms with Crippen LogP contribution in [0.4, 0.5) is 0 Å². The summed E-state index contributed by atoms with van der Waals surface area (Å²) in [6.45, 7) is 11.0. The molecule has 6 rings (SSSR count). The van der Waals surface area contributed by atoms with E-state index < -0.39 is 0 Å². The third-order valence-electron chi connectivity index (χ3n) is 11.3. The molecule has 2 aliphatic heterocycles. The summed E-state index contributed by atoms with van der Waals surface area (Å²) in [5.41, 5.74) is 2.80. The maximum Gasteiger partial charge on any atom is 0.171 e. The van der Waals surface area contributed by atoms with Crippen LogP contribution in [0.25, 0.3) is 0 Å². The Labute approximate surface area is 178 Å². The standard InChI is InChI=1S/C27H42O2/c1-17-10-14-27(28-16-17)18(2)24-23(29-27)15-22-20-9-8-19-7-5-6-12-25(19,3)21(20)11-13-26(22,24)4/h8,17-18,20-24H,5-7,9-16H2,1-4H3/t17-,18-,20+,21-,22-,23-,24-,25-,26-,27-/m0/s1. The van der Waals surface area contributed by atoms with Crippen molar-refractivity contribution in [1.82, 2.24) is 0 Å². The van der Waals surface area contributed by atoms with Gasteiger partial charge in [-0.1, -0.05) is 45.8 Å². The summed E-state index contributed by atoms with van der Waals surface area (Å²) in [6, 6.07) is 0. The van der Waals surface area contributed by atoms with Crippen molar-refractivity contribution in [2.45, 2.75) is 104 Å². The van der Waals surface area contributed by atoms with Crippen molar-refractivity contribution in [3.05, 3.63) is 11.6 Å². The highest BCUT2D eigenvalue weighted by atomic mass is 16.7. The van der Waals surface area contributed by atoms with Crippen molar-refractivity contribution < 1.29 is 9.47 Å². The maximum absolute atomic E-state index is 6.91. The molecule has 0 aromatic heterocycles. The number of hydrogen-bond donors (Lipinski definition) is 0. The van der Waals surface area contributed by atoms with Gasteiger partial charge in [0.15, 0.2) is 5.79 Å². The summed E-state index contributed by atoms with van der Waals surface area (Å²) in [7, 11) is 0. The number of ether oxygens (including phenoxy) is 2. The highest BCUT2D eigenvalue weighted by Gasteiger charge is 2.68. The normalized spacial score (nSPS) is 58.9. The predicted octanol–water partition coefficient (Wildman–Crippen LogP) is 6.74. The van der Waals surface area contributed by atoms with Gasteiger partial charge in [0.2, 0.25) is 0 Å². The molecule has 4 aliphatic carbocycles. The first kappa shape index (κ1) is 19.4. The lowest BCUT2D eigenvalue weighted by Crippen LogP contribution is -2.52. The van der Waals surface area contributed by atoms with E-state index in [9.17, 15) is 0 Å². The first-order valence-corrected chi connectivity index (χ1v) is 12.9. The van der Waals surface area contributed by atoms with Crippen LogP contribution in [0.1, 0.15) is 91.9 Å². The second-order valence-corrected chi connectivity index (χ2v) is 12.5. The van der Waals surface area contributed by atoms with E-state index in [-0.39, 0.29) is 5.79 Å². The predicted molar refractivity (Wildman–Crippen MR) is 116 cm³/mol. The summed E-state index contributed by atoms with van der Waals surface area (Å²) >= 11 is 0. The van der Waals surface area contributed by atoms with E-state index in [1.54, 1.807) is 0 Å². The molecule has 162 valence electrons. The molecule has 0 radical (unpaired) electrons. The van der Waals surface area contributed by atoms with Crippen LogP contribution in [-0.4, -0.2) is 18.5 Å².